The lowest BCUT2D eigenvalue weighted by molar-refractivity contribution is -0.385. The van der Waals surface area contributed by atoms with E-state index in [2.05, 4.69) is 4.74 Å². The van der Waals surface area contributed by atoms with Gasteiger partial charge in [-0.25, -0.2) is 4.79 Å². The van der Waals surface area contributed by atoms with E-state index in [1.54, 1.807) is 12.1 Å². The first-order valence-corrected chi connectivity index (χ1v) is 7.33. The van der Waals surface area contributed by atoms with Crippen molar-refractivity contribution in [3.63, 3.8) is 0 Å². The first-order valence-electron chi connectivity index (χ1n) is 6.58. The van der Waals surface area contributed by atoms with Crippen molar-refractivity contribution >= 4 is 40.9 Å². The molecule has 0 aliphatic heterocycles. The van der Waals surface area contributed by atoms with Crippen LogP contribution in [-0.4, -0.2) is 18.0 Å². The molecule has 0 fully saturated rings. The molecule has 0 atom stereocenters. The second kappa shape index (κ2) is 7.81. The van der Waals surface area contributed by atoms with Crippen molar-refractivity contribution in [3.8, 4) is 11.5 Å². The van der Waals surface area contributed by atoms with E-state index >= 15 is 0 Å². The molecule has 0 saturated heterocycles. The van der Waals surface area contributed by atoms with Crippen molar-refractivity contribution in [2.24, 2.45) is 0 Å². The minimum Gasteiger partial charge on any atom is -0.466 e. The molecule has 6 nitrogen and oxygen atoms in total. The predicted octanol–water partition coefficient (Wildman–Crippen LogP) is 4.88. The molecule has 0 unspecified atom stereocenters. The lowest BCUT2D eigenvalue weighted by atomic mass is 10.1. The van der Waals surface area contributed by atoms with E-state index in [4.69, 9.17) is 27.9 Å². The molecule has 0 bridgehead atoms. The molecule has 2 aromatic rings. The summed E-state index contributed by atoms with van der Waals surface area (Å²) in [5.41, 5.74) is 0.176. The Morgan fingerprint density at radius 1 is 1.17 bits per heavy atom. The van der Waals surface area contributed by atoms with Crippen LogP contribution < -0.4 is 4.74 Å². The van der Waals surface area contributed by atoms with E-state index in [1.165, 1.54) is 37.5 Å². The highest BCUT2D eigenvalue weighted by Gasteiger charge is 2.17. The molecule has 124 valence electrons. The number of carbonyl (C=O) groups is 1. The standard InChI is InChI=1S/C16H11Cl2NO5/c1-23-16(20)7-3-10-2-5-15(13(8-10)19(21)22)24-14-6-4-11(17)9-12(14)18/h2-9H,1H3/b7-3+. The number of methoxy groups -OCH3 is 1. The van der Waals surface area contributed by atoms with Crippen LogP contribution in [-0.2, 0) is 9.53 Å². The topological polar surface area (TPSA) is 78.7 Å². The summed E-state index contributed by atoms with van der Waals surface area (Å²) in [7, 11) is 1.24. The molecule has 0 spiro atoms. The average Bonchev–Trinajstić information content (AvgIpc) is 2.55. The molecule has 8 heteroatoms. The summed E-state index contributed by atoms with van der Waals surface area (Å²) in [5.74, 6) is -0.313. The van der Waals surface area contributed by atoms with Gasteiger partial charge in [-0.15, -0.1) is 0 Å². The number of hydrogen-bond acceptors (Lipinski definition) is 5. The monoisotopic (exact) mass is 367 g/mol. The summed E-state index contributed by atoms with van der Waals surface area (Å²) < 4.78 is 9.98. The van der Waals surface area contributed by atoms with Crippen LogP contribution in [0.15, 0.2) is 42.5 Å². The van der Waals surface area contributed by atoms with Crippen LogP contribution in [0.1, 0.15) is 5.56 Å². The van der Waals surface area contributed by atoms with Crippen molar-refractivity contribution in [2.45, 2.75) is 0 Å². The first-order chi connectivity index (χ1) is 11.4. The summed E-state index contributed by atoms with van der Waals surface area (Å²) in [6.45, 7) is 0. The van der Waals surface area contributed by atoms with Crippen molar-refractivity contribution in [1.82, 2.24) is 0 Å². The Hall–Kier alpha value is -2.57. The lowest BCUT2D eigenvalue weighted by Crippen LogP contribution is -1.95. The largest absolute Gasteiger partial charge is 0.466 e. The Morgan fingerprint density at radius 3 is 2.50 bits per heavy atom. The van der Waals surface area contributed by atoms with Crippen LogP contribution in [0, 0.1) is 10.1 Å². The Labute approximate surface area is 147 Å². The fraction of sp³-hybridized carbons (Fsp3) is 0.0625. The molecule has 2 aromatic carbocycles. The second-order valence-electron chi connectivity index (χ2n) is 4.52. The number of esters is 1. The third-order valence-electron chi connectivity index (χ3n) is 2.91. The van der Waals surface area contributed by atoms with Gasteiger partial charge < -0.3 is 9.47 Å². The van der Waals surface area contributed by atoms with Gasteiger partial charge >= 0.3 is 11.7 Å². The number of ether oxygens (including phenoxy) is 2. The lowest BCUT2D eigenvalue weighted by Gasteiger charge is -2.08. The highest BCUT2D eigenvalue weighted by Crippen LogP contribution is 2.36. The summed E-state index contributed by atoms with van der Waals surface area (Å²) in [4.78, 5) is 21.7. The molecular weight excluding hydrogens is 357 g/mol. The van der Waals surface area contributed by atoms with Gasteiger partial charge in [-0.05, 0) is 35.9 Å². The Balaban J connectivity index is 2.34. The normalized spacial score (nSPS) is 10.6. The molecule has 0 aliphatic carbocycles. The minimum absolute atomic E-state index is 0.0134. The van der Waals surface area contributed by atoms with Gasteiger partial charge in [0.05, 0.1) is 17.1 Å². The Kier molecular flexibility index (Phi) is 5.78. The van der Waals surface area contributed by atoms with Gasteiger partial charge in [0, 0.05) is 17.2 Å². The Bertz CT molecular complexity index is 820. The molecular formula is C16H11Cl2NO5. The van der Waals surface area contributed by atoms with Crippen molar-refractivity contribution in [2.75, 3.05) is 7.11 Å². The number of hydrogen-bond donors (Lipinski definition) is 0. The van der Waals surface area contributed by atoms with E-state index < -0.39 is 10.9 Å². The third kappa shape index (κ3) is 4.47. The van der Waals surface area contributed by atoms with E-state index in [0.29, 0.717) is 10.6 Å². The van der Waals surface area contributed by atoms with E-state index in [1.807, 2.05) is 0 Å². The van der Waals surface area contributed by atoms with Gasteiger partial charge in [-0.3, -0.25) is 10.1 Å². The molecule has 24 heavy (non-hydrogen) atoms. The maximum absolute atomic E-state index is 11.3. The number of benzene rings is 2. The fourth-order valence-electron chi connectivity index (χ4n) is 1.78. The summed E-state index contributed by atoms with van der Waals surface area (Å²) in [6, 6.07) is 8.80. The second-order valence-corrected chi connectivity index (χ2v) is 5.36. The van der Waals surface area contributed by atoms with E-state index in [-0.39, 0.29) is 22.2 Å². The van der Waals surface area contributed by atoms with E-state index in [0.717, 1.165) is 6.08 Å². The Morgan fingerprint density at radius 2 is 1.88 bits per heavy atom. The van der Waals surface area contributed by atoms with Crippen LogP contribution in [0.2, 0.25) is 10.0 Å². The minimum atomic E-state index is -0.589. The summed E-state index contributed by atoms with van der Waals surface area (Å²) in [6.07, 6.45) is 2.56. The molecule has 0 heterocycles. The molecule has 0 amide bonds. The number of nitro benzene ring substituents is 1. The van der Waals surface area contributed by atoms with Gasteiger partial charge in [0.2, 0.25) is 5.75 Å². The van der Waals surface area contributed by atoms with Crippen LogP contribution >= 0.6 is 23.2 Å². The molecule has 0 aromatic heterocycles. The number of carbonyl (C=O) groups excluding carboxylic acids is 1. The zero-order chi connectivity index (χ0) is 17.7. The number of rotatable bonds is 5. The quantitative estimate of drug-likeness (QED) is 0.325. The molecule has 0 aliphatic rings. The summed E-state index contributed by atoms with van der Waals surface area (Å²) in [5, 5.41) is 11.9. The molecule has 0 saturated carbocycles. The van der Waals surface area contributed by atoms with Gasteiger partial charge in [-0.1, -0.05) is 29.3 Å². The first kappa shape index (κ1) is 17.8. The number of halogens is 2. The maximum Gasteiger partial charge on any atom is 0.330 e. The zero-order valence-electron chi connectivity index (χ0n) is 12.4. The number of nitro groups is 1. The predicted molar refractivity (Wildman–Crippen MR) is 90.7 cm³/mol. The van der Waals surface area contributed by atoms with Gasteiger partial charge in [-0.2, -0.15) is 0 Å². The highest BCUT2D eigenvalue weighted by molar-refractivity contribution is 6.35. The van der Waals surface area contributed by atoms with Crippen molar-refractivity contribution < 1.29 is 19.2 Å². The fourth-order valence-corrected chi connectivity index (χ4v) is 2.22. The molecule has 2 rings (SSSR count). The molecule has 0 radical (unpaired) electrons. The van der Waals surface area contributed by atoms with Gasteiger partial charge in [0.1, 0.15) is 5.75 Å². The third-order valence-corrected chi connectivity index (χ3v) is 3.44. The van der Waals surface area contributed by atoms with Crippen LogP contribution in [0.5, 0.6) is 11.5 Å². The molecule has 0 N–H and O–H groups in total. The zero-order valence-corrected chi connectivity index (χ0v) is 13.9. The highest BCUT2D eigenvalue weighted by atomic mass is 35.5. The van der Waals surface area contributed by atoms with Gasteiger partial charge in [0.25, 0.3) is 0 Å². The smallest absolute Gasteiger partial charge is 0.330 e. The maximum atomic E-state index is 11.3. The van der Waals surface area contributed by atoms with Crippen LogP contribution in [0.3, 0.4) is 0 Å². The number of nitrogens with zero attached hydrogens (tertiary/aromatic N) is 1. The van der Waals surface area contributed by atoms with Crippen LogP contribution in [0.4, 0.5) is 5.69 Å². The summed E-state index contributed by atoms with van der Waals surface area (Å²) >= 11 is 11.8. The van der Waals surface area contributed by atoms with E-state index in [9.17, 15) is 14.9 Å². The SMILES string of the molecule is COC(=O)/C=C/c1ccc(Oc2ccc(Cl)cc2Cl)c([N+](=O)[O-])c1. The van der Waals surface area contributed by atoms with Crippen LogP contribution in [0.25, 0.3) is 6.08 Å². The average molecular weight is 368 g/mol. The van der Waals surface area contributed by atoms with Gasteiger partial charge in [0.15, 0.2) is 0 Å². The van der Waals surface area contributed by atoms with Crippen molar-refractivity contribution in [1.29, 1.82) is 0 Å². The van der Waals surface area contributed by atoms with Crippen molar-refractivity contribution in [3.05, 3.63) is 68.2 Å².